The quantitative estimate of drug-likeness (QED) is 0.314. The van der Waals surface area contributed by atoms with E-state index in [1.54, 1.807) is 11.8 Å². The van der Waals surface area contributed by atoms with Gasteiger partial charge in [-0.25, -0.2) is 0 Å². The highest BCUT2D eigenvalue weighted by Crippen LogP contribution is 2.27. The van der Waals surface area contributed by atoms with Crippen molar-refractivity contribution in [1.82, 2.24) is 0 Å². The molecule has 2 heteroatoms. The molecule has 0 saturated heterocycles. The number of hydrogen-bond acceptors (Lipinski definition) is 2. The Kier molecular flexibility index (Phi) is 5.19. The van der Waals surface area contributed by atoms with Crippen LogP contribution in [-0.4, -0.2) is 12.0 Å². The van der Waals surface area contributed by atoms with E-state index in [0.29, 0.717) is 5.57 Å². The number of benzene rings is 1. The molecular formula is C13H16OS. The van der Waals surface area contributed by atoms with Gasteiger partial charge in [0.05, 0.1) is 0 Å². The number of thioether (sulfide) groups is 1. The lowest BCUT2D eigenvalue weighted by atomic mass is 10.1. The summed E-state index contributed by atoms with van der Waals surface area (Å²) >= 11 is 1.80. The SMILES string of the molecule is C=C(C=O)c1ccccc1SCCCC. The average Bonchev–Trinajstić information content (AvgIpc) is 2.29. The standard InChI is InChI=1S/C13H16OS/c1-3-4-9-15-13-8-6-5-7-12(13)11(2)10-14/h5-8,10H,2-4,9H2,1H3. The Hall–Kier alpha value is -1.02. The number of aldehydes is 1. The van der Waals surface area contributed by atoms with Crippen LogP contribution in [0.3, 0.4) is 0 Å². The van der Waals surface area contributed by atoms with Crippen LogP contribution in [0, 0.1) is 0 Å². The van der Waals surface area contributed by atoms with Gasteiger partial charge in [0.15, 0.2) is 0 Å². The summed E-state index contributed by atoms with van der Waals surface area (Å²) < 4.78 is 0. The molecule has 1 rings (SSSR count). The van der Waals surface area contributed by atoms with Crippen molar-refractivity contribution >= 4 is 23.6 Å². The Morgan fingerprint density at radius 2 is 2.20 bits per heavy atom. The van der Waals surface area contributed by atoms with Crippen LogP contribution in [0.25, 0.3) is 5.57 Å². The van der Waals surface area contributed by atoms with Gasteiger partial charge in [0, 0.05) is 10.5 Å². The number of rotatable bonds is 6. The summed E-state index contributed by atoms with van der Waals surface area (Å²) in [7, 11) is 0. The third-order valence-electron chi connectivity index (χ3n) is 2.13. The second kappa shape index (κ2) is 6.46. The average molecular weight is 220 g/mol. The second-order valence-corrected chi connectivity index (χ2v) is 4.48. The lowest BCUT2D eigenvalue weighted by Crippen LogP contribution is -1.88. The molecule has 0 heterocycles. The van der Waals surface area contributed by atoms with Gasteiger partial charge in [0.25, 0.3) is 0 Å². The van der Waals surface area contributed by atoms with Crippen LogP contribution in [0.2, 0.25) is 0 Å². The summed E-state index contributed by atoms with van der Waals surface area (Å²) in [5.41, 5.74) is 1.53. The van der Waals surface area contributed by atoms with Crippen molar-refractivity contribution in [2.45, 2.75) is 24.7 Å². The first kappa shape index (κ1) is 12.1. The van der Waals surface area contributed by atoms with Crippen molar-refractivity contribution in [2.24, 2.45) is 0 Å². The molecule has 0 aliphatic carbocycles. The predicted molar refractivity (Wildman–Crippen MR) is 67.2 cm³/mol. The van der Waals surface area contributed by atoms with E-state index in [1.165, 1.54) is 12.8 Å². The summed E-state index contributed by atoms with van der Waals surface area (Å²) in [5, 5.41) is 0. The summed E-state index contributed by atoms with van der Waals surface area (Å²) in [6.07, 6.45) is 3.22. The van der Waals surface area contributed by atoms with Gasteiger partial charge in [-0.1, -0.05) is 38.1 Å². The smallest absolute Gasteiger partial charge is 0.150 e. The zero-order chi connectivity index (χ0) is 11.1. The van der Waals surface area contributed by atoms with Crippen molar-refractivity contribution < 1.29 is 4.79 Å². The molecule has 0 spiro atoms. The van der Waals surface area contributed by atoms with Crippen LogP contribution in [-0.2, 0) is 4.79 Å². The first-order chi connectivity index (χ1) is 7.29. The van der Waals surface area contributed by atoms with Crippen molar-refractivity contribution in [3.05, 3.63) is 36.4 Å². The Morgan fingerprint density at radius 3 is 2.87 bits per heavy atom. The maximum Gasteiger partial charge on any atom is 0.150 e. The molecule has 15 heavy (non-hydrogen) atoms. The third kappa shape index (κ3) is 3.56. The minimum absolute atomic E-state index is 0.564. The van der Waals surface area contributed by atoms with Gasteiger partial charge >= 0.3 is 0 Å². The van der Waals surface area contributed by atoms with Gasteiger partial charge in [-0.05, 0) is 23.8 Å². The molecule has 0 aromatic heterocycles. The molecule has 80 valence electrons. The summed E-state index contributed by atoms with van der Waals surface area (Å²) in [6, 6.07) is 7.93. The Morgan fingerprint density at radius 1 is 1.47 bits per heavy atom. The number of carbonyl (C=O) groups is 1. The Bertz CT molecular complexity index is 344. The summed E-state index contributed by atoms with van der Waals surface area (Å²) in [6.45, 7) is 5.93. The summed E-state index contributed by atoms with van der Waals surface area (Å²) in [4.78, 5) is 11.8. The van der Waals surface area contributed by atoms with E-state index < -0.39 is 0 Å². The molecule has 0 bridgehead atoms. The second-order valence-electron chi connectivity index (χ2n) is 3.34. The molecule has 0 radical (unpaired) electrons. The number of unbranched alkanes of at least 4 members (excludes halogenated alkanes) is 1. The first-order valence-corrected chi connectivity index (χ1v) is 6.14. The third-order valence-corrected chi connectivity index (χ3v) is 3.29. The van der Waals surface area contributed by atoms with Crippen molar-refractivity contribution in [3.8, 4) is 0 Å². The number of carbonyl (C=O) groups excluding carboxylic acids is 1. The normalized spacial score (nSPS) is 9.93. The van der Waals surface area contributed by atoms with Crippen LogP contribution >= 0.6 is 11.8 Å². The molecule has 1 aromatic carbocycles. The van der Waals surface area contributed by atoms with E-state index in [9.17, 15) is 4.79 Å². The Balaban J connectivity index is 2.77. The highest BCUT2D eigenvalue weighted by molar-refractivity contribution is 7.99. The molecule has 0 aliphatic rings. The van der Waals surface area contributed by atoms with Crippen LogP contribution in [0.4, 0.5) is 0 Å². The monoisotopic (exact) mass is 220 g/mol. The van der Waals surface area contributed by atoms with Crippen LogP contribution < -0.4 is 0 Å². The molecule has 0 N–H and O–H groups in total. The molecule has 0 fully saturated rings. The van der Waals surface area contributed by atoms with Crippen LogP contribution in [0.5, 0.6) is 0 Å². The Labute approximate surface area is 95.6 Å². The molecule has 0 saturated carbocycles. The zero-order valence-electron chi connectivity index (χ0n) is 9.03. The van der Waals surface area contributed by atoms with E-state index in [1.807, 2.05) is 24.3 Å². The molecule has 0 unspecified atom stereocenters. The largest absolute Gasteiger partial charge is 0.298 e. The van der Waals surface area contributed by atoms with E-state index in [4.69, 9.17) is 0 Å². The van der Waals surface area contributed by atoms with Crippen LogP contribution in [0.15, 0.2) is 35.7 Å². The lowest BCUT2D eigenvalue weighted by Gasteiger charge is -2.07. The van der Waals surface area contributed by atoms with E-state index in [2.05, 4.69) is 13.5 Å². The van der Waals surface area contributed by atoms with Gasteiger partial charge in [0.2, 0.25) is 0 Å². The van der Waals surface area contributed by atoms with Crippen molar-refractivity contribution in [3.63, 3.8) is 0 Å². The number of allylic oxidation sites excluding steroid dienone is 1. The first-order valence-electron chi connectivity index (χ1n) is 5.16. The minimum atomic E-state index is 0.564. The van der Waals surface area contributed by atoms with Gasteiger partial charge in [-0.2, -0.15) is 0 Å². The minimum Gasteiger partial charge on any atom is -0.298 e. The molecule has 0 amide bonds. The maximum absolute atomic E-state index is 10.7. The fourth-order valence-electron chi connectivity index (χ4n) is 1.25. The fraction of sp³-hybridized carbons (Fsp3) is 0.308. The highest BCUT2D eigenvalue weighted by Gasteiger charge is 2.04. The van der Waals surface area contributed by atoms with Crippen LogP contribution in [0.1, 0.15) is 25.3 Å². The van der Waals surface area contributed by atoms with E-state index >= 15 is 0 Å². The van der Waals surface area contributed by atoms with Crippen molar-refractivity contribution in [2.75, 3.05) is 5.75 Å². The lowest BCUT2D eigenvalue weighted by molar-refractivity contribution is -0.103. The van der Waals surface area contributed by atoms with Gasteiger partial charge < -0.3 is 0 Å². The molecule has 0 atom stereocenters. The molecule has 1 nitrogen and oxygen atoms in total. The molecule has 1 aromatic rings. The topological polar surface area (TPSA) is 17.1 Å². The maximum atomic E-state index is 10.7. The van der Waals surface area contributed by atoms with E-state index in [-0.39, 0.29) is 0 Å². The molecule has 0 aliphatic heterocycles. The predicted octanol–water partition coefficient (Wildman–Crippen LogP) is 3.79. The highest BCUT2D eigenvalue weighted by atomic mass is 32.2. The van der Waals surface area contributed by atoms with Gasteiger partial charge in [0.1, 0.15) is 6.29 Å². The van der Waals surface area contributed by atoms with E-state index in [0.717, 1.165) is 22.5 Å². The molecular weight excluding hydrogens is 204 g/mol. The van der Waals surface area contributed by atoms with Gasteiger partial charge in [-0.15, -0.1) is 11.8 Å². The fourth-order valence-corrected chi connectivity index (χ4v) is 2.43. The zero-order valence-corrected chi connectivity index (χ0v) is 9.85. The summed E-state index contributed by atoms with van der Waals surface area (Å²) in [5.74, 6) is 1.10. The number of hydrogen-bond donors (Lipinski definition) is 0. The van der Waals surface area contributed by atoms with Crippen molar-refractivity contribution in [1.29, 1.82) is 0 Å². The van der Waals surface area contributed by atoms with Gasteiger partial charge in [-0.3, -0.25) is 4.79 Å².